The van der Waals surface area contributed by atoms with Crippen molar-refractivity contribution in [3.63, 3.8) is 0 Å². The number of carbonyl (C=O) groups is 1. The molecule has 0 radical (unpaired) electrons. The van der Waals surface area contributed by atoms with Crippen molar-refractivity contribution in [3.8, 4) is 5.75 Å². The van der Waals surface area contributed by atoms with Crippen LogP contribution in [0, 0.1) is 0 Å². The standard InChI is InChI=1S/C15H16N2O2S/c1-20-14-8-3-2-7-13(14)19-10-11-5-4-6-12(9-11)15(18)17-16/h2-9H,10,16H2,1H3,(H,17,18). The number of carbonyl (C=O) groups excluding carboxylic acids is 1. The molecule has 2 rings (SSSR count). The Morgan fingerprint density at radius 3 is 2.80 bits per heavy atom. The summed E-state index contributed by atoms with van der Waals surface area (Å²) in [4.78, 5) is 12.5. The number of hydrazine groups is 1. The third kappa shape index (κ3) is 3.53. The molecule has 0 fully saturated rings. The number of nitrogens with one attached hydrogen (secondary N) is 1. The van der Waals surface area contributed by atoms with E-state index in [0.717, 1.165) is 16.2 Å². The smallest absolute Gasteiger partial charge is 0.265 e. The van der Waals surface area contributed by atoms with Crippen molar-refractivity contribution >= 4 is 17.7 Å². The molecule has 0 heterocycles. The molecule has 0 aliphatic rings. The molecule has 0 aliphatic heterocycles. The van der Waals surface area contributed by atoms with Crippen molar-refractivity contribution in [3.05, 3.63) is 59.7 Å². The molecule has 2 aromatic rings. The predicted octanol–water partition coefficient (Wildman–Crippen LogP) is 2.59. The lowest BCUT2D eigenvalue weighted by atomic mass is 10.1. The van der Waals surface area contributed by atoms with Gasteiger partial charge >= 0.3 is 0 Å². The fourth-order valence-corrected chi connectivity index (χ4v) is 2.33. The fraction of sp³-hybridized carbons (Fsp3) is 0.133. The summed E-state index contributed by atoms with van der Waals surface area (Å²) in [6.07, 6.45) is 2.01. The Morgan fingerprint density at radius 1 is 1.25 bits per heavy atom. The molecule has 0 bridgehead atoms. The molecule has 20 heavy (non-hydrogen) atoms. The van der Waals surface area contributed by atoms with E-state index in [1.165, 1.54) is 0 Å². The van der Waals surface area contributed by atoms with Gasteiger partial charge in [0.25, 0.3) is 5.91 Å². The van der Waals surface area contributed by atoms with Gasteiger partial charge in [-0.3, -0.25) is 10.2 Å². The second kappa shape index (κ2) is 6.98. The Hall–Kier alpha value is -1.98. The van der Waals surface area contributed by atoms with E-state index < -0.39 is 0 Å². The minimum atomic E-state index is -0.309. The summed E-state index contributed by atoms with van der Waals surface area (Å²) in [7, 11) is 0. The van der Waals surface area contributed by atoms with Crippen LogP contribution < -0.4 is 16.0 Å². The molecular formula is C15H16N2O2S. The third-order valence-corrected chi connectivity index (χ3v) is 3.56. The quantitative estimate of drug-likeness (QED) is 0.384. The highest BCUT2D eigenvalue weighted by Gasteiger charge is 2.05. The van der Waals surface area contributed by atoms with Gasteiger partial charge in [-0.1, -0.05) is 24.3 Å². The zero-order chi connectivity index (χ0) is 14.4. The number of para-hydroxylation sites is 1. The number of ether oxygens (including phenoxy) is 1. The minimum absolute atomic E-state index is 0.309. The Kier molecular flexibility index (Phi) is 5.03. The van der Waals surface area contributed by atoms with Gasteiger partial charge in [-0.05, 0) is 36.1 Å². The lowest BCUT2D eigenvalue weighted by Gasteiger charge is -2.10. The highest BCUT2D eigenvalue weighted by molar-refractivity contribution is 7.98. The second-order valence-corrected chi connectivity index (χ2v) is 4.96. The summed E-state index contributed by atoms with van der Waals surface area (Å²) < 4.78 is 5.80. The van der Waals surface area contributed by atoms with E-state index >= 15 is 0 Å². The van der Waals surface area contributed by atoms with Gasteiger partial charge in [-0.2, -0.15) is 0 Å². The maximum absolute atomic E-state index is 11.5. The van der Waals surface area contributed by atoms with Crippen LogP contribution in [0.25, 0.3) is 0 Å². The first kappa shape index (κ1) is 14.4. The second-order valence-electron chi connectivity index (χ2n) is 4.11. The Labute approximate surface area is 122 Å². The molecule has 0 unspecified atom stereocenters. The van der Waals surface area contributed by atoms with Gasteiger partial charge in [-0.15, -0.1) is 11.8 Å². The third-order valence-electron chi connectivity index (χ3n) is 2.78. The predicted molar refractivity (Wildman–Crippen MR) is 80.7 cm³/mol. The van der Waals surface area contributed by atoms with E-state index in [-0.39, 0.29) is 5.91 Å². The Balaban J connectivity index is 2.09. The summed E-state index contributed by atoms with van der Waals surface area (Å²) >= 11 is 1.64. The van der Waals surface area contributed by atoms with Gasteiger partial charge < -0.3 is 4.74 Å². The van der Waals surface area contributed by atoms with Gasteiger partial charge in [0, 0.05) is 10.5 Å². The lowest BCUT2D eigenvalue weighted by molar-refractivity contribution is 0.0953. The lowest BCUT2D eigenvalue weighted by Crippen LogP contribution is -2.30. The van der Waals surface area contributed by atoms with Crippen LogP contribution in [0.15, 0.2) is 53.4 Å². The van der Waals surface area contributed by atoms with E-state index in [4.69, 9.17) is 10.6 Å². The molecule has 5 heteroatoms. The van der Waals surface area contributed by atoms with Crippen LogP contribution in [0.4, 0.5) is 0 Å². The van der Waals surface area contributed by atoms with Crippen LogP contribution in [-0.2, 0) is 6.61 Å². The maximum atomic E-state index is 11.5. The number of amides is 1. The van der Waals surface area contributed by atoms with Gasteiger partial charge in [0.2, 0.25) is 0 Å². The molecule has 3 N–H and O–H groups in total. The first-order valence-corrected chi connectivity index (χ1v) is 7.32. The van der Waals surface area contributed by atoms with Crippen LogP contribution in [0.3, 0.4) is 0 Å². The monoisotopic (exact) mass is 288 g/mol. The van der Waals surface area contributed by atoms with Gasteiger partial charge in [0.05, 0.1) is 0 Å². The van der Waals surface area contributed by atoms with Crippen LogP contribution in [0.5, 0.6) is 5.75 Å². The number of nitrogens with two attached hydrogens (primary N) is 1. The summed E-state index contributed by atoms with van der Waals surface area (Å²) in [6, 6.07) is 15.1. The van der Waals surface area contributed by atoms with Crippen LogP contribution in [0.2, 0.25) is 0 Å². The van der Waals surface area contributed by atoms with Crippen molar-refractivity contribution in [2.45, 2.75) is 11.5 Å². The van der Waals surface area contributed by atoms with Crippen LogP contribution >= 0.6 is 11.8 Å². The highest BCUT2D eigenvalue weighted by Crippen LogP contribution is 2.27. The molecule has 0 aromatic heterocycles. The topological polar surface area (TPSA) is 64.3 Å². The summed E-state index contributed by atoms with van der Waals surface area (Å²) in [5, 5.41) is 0. The maximum Gasteiger partial charge on any atom is 0.265 e. The number of benzene rings is 2. The number of hydrogen-bond donors (Lipinski definition) is 2. The zero-order valence-corrected chi connectivity index (χ0v) is 11.9. The molecule has 0 saturated heterocycles. The molecule has 1 amide bonds. The number of rotatable bonds is 5. The minimum Gasteiger partial charge on any atom is -0.488 e. The van der Waals surface area contributed by atoms with E-state index in [0.29, 0.717) is 12.2 Å². The SMILES string of the molecule is CSc1ccccc1OCc1cccc(C(=O)NN)c1. The molecule has 0 spiro atoms. The summed E-state index contributed by atoms with van der Waals surface area (Å²) in [6.45, 7) is 0.406. The molecular weight excluding hydrogens is 272 g/mol. The molecule has 0 aliphatic carbocycles. The molecule has 4 nitrogen and oxygen atoms in total. The summed E-state index contributed by atoms with van der Waals surface area (Å²) in [5.41, 5.74) is 3.56. The summed E-state index contributed by atoms with van der Waals surface area (Å²) in [5.74, 6) is 5.66. The van der Waals surface area contributed by atoms with Gasteiger partial charge in [0.1, 0.15) is 12.4 Å². The first-order chi connectivity index (χ1) is 9.74. The molecule has 2 aromatic carbocycles. The van der Waals surface area contributed by atoms with Crippen molar-refractivity contribution < 1.29 is 9.53 Å². The van der Waals surface area contributed by atoms with Gasteiger partial charge in [-0.25, -0.2) is 5.84 Å². The fourth-order valence-electron chi connectivity index (χ4n) is 1.78. The Bertz CT molecular complexity index is 602. The zero-order valence-electron chi connectivity index (χ0n) is 11.1. The van der Waals surface area contributed by atoms with E-state index in [2.05, 4.69) is 5.43 Å². The van der Waals surface area contributed by atoms with Crippen molar-refractivity contribution in [2.24, 2.45) is 5.84 Å². The van der Waals surface area contributed by atoms with E-state index in [9.17, 15) is 4.79 Å². The normalized spacial score (nSPS) is 10.1. The average molecular weight is 288 g/mol. The van der Waals surface area contributed by atoms with Crippen molar-refractivity contribution in [1.29, 1.82) is 0 Å². The number of hydrogen-bond acceptors (Lipinski definition) is 4. The largest absolute Gasteiger partial charge is 0.488 e. The van der Waals surface area contributed by atoms with Crippen molar-refractivity contribution in [2.75, 3.05) is 6.26 Å². The highest BCUT2D eigenvalue weighted by atomic mass is 32.2. The molecule has 104 valence electrons. The average Bonchev–Trinajstić information content (AvgIpc) is 2.52. The molecule has 0 saturated carbocycles. The molecule has 0 atom stereocenters. The number of thioether (sulfide) groups is 1. The van der Waals surface area contributed by atoms with Gasteiger partial charge in [0.15, 0.2) is 0 Å². The van der Waals surface area contributed by atoms with E-state index in [1.54, 1.807) is 23.9 Å². The van der Waals surface area contributed by atoms with E-state index in [1.807, 2.05) is 42.7 Å². The Morgan fingerprint density at radius 2 is 2.05 bits per heavy atom. The van der Waals surface area contributed by atoms with Crippen LogP contribution in [-0.4, -0.2) is 12.2 Å². The van der Waals surface area contributed by atoms with Crippen LogP contribution in [0.1, 0.15) is 15.9 Å². The van der Waals surface area contributed by atoms with Crippen molar-refractivity contribution in [1.82, 2.24) is 5.43 Å². The first-order valence-electron chi connectivity index (χ1n) is 6.10. The number of nitrogen functional groups attached to an aromatic ring is 1.